The molecule has 1 N–H and O–H groups in total. The Morgan fingerprint density at radius 2 is 1.04 bits per heavy atom. The molecule has 0 aliphatic carbocycles. The highest BCUT2D eigenvalue weighted by Crippen LogP contribution is 2.15. The molecule has 0 aromatic rings. The summed E-state index contributed by atoms with van der Waals surface area (Å²) in [6.45, 7) is 14.7. The van der Waals surface area contributed by atoms with Crippen LogP contribution in [0.1, 0.15) is 93.4 Å². The van der Waals surface area contributed by atoms with Gasteiger partial charge in [-0.3, -0.25) is 0 Å². The van der Waals surface area contributed by atoms with Gasteiger partial charge < -0.3 is 5.11 Å². The molecule has 0 aromatic heterocycles. The standard InChI is InChI=1S/C23H40O/c1-19(2)11-8-12-20(3)13-9-14-21(4)15-10-16-22(5)17-18-23(6,7)24/h11,13,15,17,24H,8-10,12,14,16,18H2,1-7H3/b20-13+,21-15?,22-17+. The highest BCUT2D eigenvalue weighted by molar-refractivity contribution is 5.07. The molecule has 0 radical (unpaired) electrons. The lowest BCUT2D eigenvalue weighted by atomic mass is 10.0. The molecule has 0 fully saturated rings. The van der Waals surface area contributed by atoms with Crippen molar-refractivity contribution in [3.63, 3.8) is 0 Å². The molecule has 0 aliphatic rings. The van der Waals surface area contributed by atoms with E-state index in [1.165, 1.54) is 28.7 Å². The van der Waals surface area contributed by atoms with E-state index in [1.54, 1.807) is 0 Å². The molecule has 0 saturated heterocycles. The zero-order valence-corrected chi connectivity index (χ0v) is 17.2. The molecule has 0 spiro atoms. The fourth-order valence-electron chi connectivity index (χ4n) is 2.41. The van der Waals surface area contributed by atoms with Crippen molar-refractivity contribution in [2.45, 2.75) is 99.0 Å². The maximum Gasteiger partial charge on any atom is 0.0626 e. The highest BCUT2D eigenvalue weighted by atomic mass is 16.3. The predicted molar refractivity (Wildman–Crippen MR) is 109 cm³/mol. The lowest BCUT2D eigenvalue weighted by Gasteiger charge is -2.14. The van der Waals surface area contributed by atoms with Gasteiger partial charge in [-0.1, -0.05) is 46.6 Å². The summed E-state index contributed by atoms with van der Waals surface area (Å²) >= 11 is 0. The van der Waals surface area contributed by atoms with Crippen molar-refractivity contribution >= 4 is 0 Å². The van der Waals surface area contributed by atoms with E-state index in [0.29, 0.717) is 0 Å². The topological polar surface area (TPSA) is 20.2 Å². The Kier molecular flexibility index (Phi) is 11.8. The van der Waals surface area contributed by atoms with Gasteiger partial charge in [0, 0.05) is 0 Å². The van der Waals surface area contributed by atoms with Gasteiger partial charge in [-0.05, 0) is 93.4 Å². The molecule has 0 heterocycles. The molecular formula is C23H40O. The largest absolute Gasteiger partial charge is 0.390 e. The lowest BCUT2D eigenvalue weighted by molar-refractivity contribution is 0.0836. The summed E-state index contributed by atoms with van der Waals surface area (Å²) in [5.74, 6) is 0. The van der Waals surface area contributed by atoms with E-state index in [-0.39, 0.29) is 0 Å². The summed E-state index contributed by atoms with van der Waals surface area (Å²) in [5.41, 5.74) is 5.18. The van der Waals surface area contributed by atoms with E-state index >= 15 is 0 Å². The molecule has 1 heteroatoms. The average Bonchev–Trinajstić information content (AvgIpc) is 2.44. The van der Waals surface area contributed by atoms with Crippen LogP contribution in [0.25, 0.3) is 0 Å². The Balaban J connectivity index is 4.05. The minimum absolute atomic E-state index is 0.594. The van der Waals surface area contributed by atoms with Gasteiger partial charge in [-0.25, -0.2) is 0 Å². The number of hydrogen-bond donors (Lipinski definition) is 1. The fourth-order valence-corrected chi connectivity index (χ4v) is 2.41. The van der Waals surface area contributed by atoms with Crippen LogP contribution in [0.5, 0.6) is 0 Å². The monoisotopic (exact) mass is 332 g/mol. The van der Waals surface area contributed by atoms with Crippen molar-refractivity contribution < 1.29 is 5.11 Å². The molecule has 138 valence electrons. The summed E-state index contributed by atoms with van der Waals surface area (Å²) in [4.78, 5) is 0. The van der Waals surface area contributed by atoms with Crippen LogP contribution < -0.4 is 0 Å². The molecule has 0 amide bonds. The first-order chi connectivity index (χ1) is 11.1. The molecule has 1 nitrogen and oxygen atoms in total. The molecule has 0 rings (SSSR count). The molecule has 0 atom stereocenters. The van der Waals surface area contributed by atoms with Crippen LogP contribution in [0.15, 0.2) is 46.6 Å². The molecule has 0 aliphatic heterocycles. The Labute approximate surface area is 151 Å². The van der Waals surface area contributed by atoms with Crippen LogP contribution in [-0.4, -0.2) is 10.7 Å². The third-order valence-electron chi connectivity index (χ3n) is 4.10. The van der Waals surface area contributed by atoms with Crippen LogP contribution in [0, 0.1) is 0 Å². The maximum atomic E-state index is 9.74. The van der Waals surface area contributed by atoms with Crippen LogP contribution in [0.4, 0.5) is 0 Å². The second-order valence-corrected chi connectivity index (χ2v) is 8.07. The molecule has 0 saturated carbocycles. The minimum atomic E-state index is -0.594. The number of aliphatic hydroxyl groups is 1. The first-order valence-corrected chi connectivity index (χ1v) is 9.43. The fraction of sp³-hybridized carbons (Fsp3) is 0.652. The van der Waals surface area contributed by atoms with Gasteiger partial charge in [0.1, 0.15) is 0 Å². The van der Waals surface area contributed by atoms with E-state index < -0.39 is 5.60 Å². The van der Waals surface area contributed by atoms with E-state index in [4.69, 9.17) is 0 Å². The van der Waals surface area contributed by atoms with Crippen molar-refractivity contribution in [3.05, 3.63) is 46.6 Å². The first kappa shape index (κ1) is 22.9. The quantitative estimate of drug-likeness (QED) is 0.394. The van der Waals surface area contributed by atoms with E-state index in [0.717, 1.165) is 38.5 Å². The van der Waals surface area contributed by atoms with Gasteiger partial charge >= 0.3 is 0 Å². The van der Waals surface area contributed by atoms with Crippen molar-refractivity contribution in [1.82, 2.24) is 0 Å². The third kappa shape index (κ3) is 15.8. The van der Waals surface area contributed by atoms with Crippen molar-refractivity contribution in [2.24, 2.45) is 0 Å². The van der Waals surface area contributed by atoms with Gasteiger partial charge in [0.25, 0.3) is 0 Å². The Morgan fingerprint density at radius 3 is 1.42 bits per heavy atom. The molecular weight excluding hydrogens is 292 g/mol. The molecule has 0 unspecified atom stereocenters. The number of allylic oxidation sites excluding steroid dienone is 7. The highest BCUT2D eigenvalue weighted by Gasteiger charge is 2.09. The van der Waals surface area contributed by atoms with Gasteiger partial charge in [0.15, 0.2) is 0 Å². The number of hydrogen-bond acceptors (Lipinski definition) is 1. The second-order valence-electron chi connectivity index (χ2n) is 8.07. The molecule has 0 bridgehead atoms. The van der Waals surface area contributed by atoms with Crippen LogP contribution in [0.3, 0.4) is 0 Å². The number of rotatable bonds is 11. The van der Waals surface area contributed by atoms with E-state index in [1.807, 2.05) is 13.8 Å². The van der Waals surface area contributed by atoms with Crippen LogP contribution in [0.2, 0.25) is 0 Å². The summed E-state index contributed by atoms with van der Waals surface area (Å²) < 4.78 is 0. The second kappa shape index (κ2) is 12.3. The Bertz CT molecular complexity index is 463. The SMILES string of the molecule is CC(C)=CCC/C(C)=C/CCC(C)=CCC/C(C)=C/CC(C)(C)O. The van der Waals surface area contributed by atoms with Crippen LogP contribution in [-0.2, 0) is 0 Å². The smallest absolute Gasteiger partial charge is 0.0626 e. The normalized spacial score (nSPS) is 14.1. The predicted octanol–water partition coefficient (Wildman–Crippen LogP) is 7.29. The van der Waals surface area contributed by atoms with Crippen molar-refractivity contribution in [3.8, 4) is 0 Å². The zero-order chi connectivity index (χ0) is 18.6. The Morgan fingerprint density at radius 1 is 0.667 bits per heavy atom. The summed E-state index contributed by atoms with van der Waals surface area (Å²) in [7, 11) is 0. The van der Waals surface area contributed by atoms with Gasteiger partial charge in [0.2, 0.25) is 0 Å². The van der Waals surface area contributed by atoms with Gasteiger partial charge in [-0.15, -0.1) is 0 Å². The maximum absolute atomic E-state index is 9.74. The summed E-state index contributed by atoms with van der Waals surface area (Å²) in [5, 5.41) is 9.74. The average molecular weight is 333 g/mol. The minimum Gasteiger partial charge on any atom is -0.390 e. The van der Waals surface area contributed by atoms with Gasteiger partial charge in [0.05, 0.1) is 5.60 Å². The summed E-state index contributed by atoms with van der Waals surface area (Å²) in [6, 6.07) is 0. The molecule has 24 heavy (non-hydrogen) atoms. The van der Waals surface area contributed by atoms with Gasteiger partial charge in [-0.2, -0.15) is 0 Å². The Hall–Kier alpha value is -1.08. The summed E-state index contributed by atoms with van der Waals surface area (Å²) in [6.07, 6.45) is 16.8. The zero-order valence-electron chi connectivity index (χ0n) is 17.2. The first-order valence-electron chi connectivity index (χ1n) is 9.43. The van der Waals surface area contributed by atoms with E-state index in [9.17, 15) is 5.11 Å². The van der Waals surface area contributed by atoms with Crippen molar-refractivity contribution in [1.29, 1.82) is 0 Å². The van der Waals surface area contributed by atoms with E-state index in [2.05, 4.69) is 58.9 Å². The lowest BCUT2D eigenvalue weighted by Crippen LogP contribution is -2.16. The van der Waals surface area contributed by atoms with Crippen molar-refractivity contribution in [2.75, 3.05) is 0 Å². The van der Waals surface area contributed by atoms with Crippen LogP contribution >= 0.6 is 0 Å². The third-order valence-corrected chi connectivity index (χ3v) is 4.10. The molecule has 0 aromatic carbocycles.